The first-order chi connectivity index (χ1) is 18.0. The Labute approximate surface area is 226 Å². The standard InChI is InChI=1S/C14H15NO2S.C11H12N2O3S.C2H6/c1-3-17-14(16)11-9-12(18-13(11)15-2)10-7-5-4-6-8-10;1-17-12-8-2-3-10-9(6-8)13(4-5-14)11(15)7-16-10;1-2/h4-9,15H,3H2,1-2H3;2-3,5-6,12H,4,7H2,1H3;1-2H3. The molecule has 0 fully saturated rings. The van der Waals surface area contributed by atoms with Gasteiger partial charge in [0.05, 0.1) is 24.4 Å². The van der Waals surface area contributed by atoms with Gasteiger partial charge >= 0.3 is 5.97 Å². The van der Waals surface area contributed by atoms with Gasteiger partial charge in [0, 0.05) is 23.9 Å². The lowest BCUT2D eigenvalue weighted by molar-refractivity contribution is -0.122. The molecule has 0 spiro atoms. The number of anilines is 3. The summed E-state index contributed by atoms with van der Waals surface area (Å²) in [5.74, 6) is 0.143. The molecule has 198 valence electrons. The third-order valence-electron chi connectivity index (χ3n) is 4.89. The van der Waals surface area contributed by atoms with Crippen molar-refractivity contribution in [2.75, 3.05) is 48.0 Å². The minimum absolute atomic E-state index is 0.0177. The number of fused-ring (bicyclic) bond motifs is 1. The number of nitrogens with zero attached hydrogens (tertiary/aromatic N) is 1. The third-order valence-corrected chi connectivity index (χ3v) is 6.53. The summed E-state index contributed by atoms with van der Waals surface area (Å²) < 4.78 is 13.4. The highest BCUT2D eigenvalue weighted by atomic mass is 32.2. The van der Waals surface area contributed by atoms with Crippen LogP contribution < -0.4 is 19.7 Å². The van der Waals surface area contributed by atoms with Crippen LogP contribution in [0.5, 0.6) is 5.75 Å². The molecule has 1 aliphatic heterocycles. The van der Waals surface area contributed by atoms with Crippen LogP contribution in [0.2, 0.25) is 0 Å². The van der Waals surface area contributed by atoms with E-state index in [4.69, 9.17) is 9.47 Å². The maximum absolute atomic E-state index is 11.8. The van der Waals surface area contributed by atoms with E-state index in [0.29, 0.717) is 29.9 Å². The second-order valence-electron chi connectivity index (χ2n) is 7.14. The van der Waals surface area contributed by atoms with Crippen molar-refractivity contribution in [1.29, 1.82) is 0 Å². The number of rotatable bonds is 8. The summed E-state index contributed by atoms with van der Waals surface area (Å²) in [6.07, 6.45) is 2.62. The van der Waals surface area contributed by atoms with Crippen molar-refractivity contribution in [3.63, 3.8) is 0 Å². The molecular weight excluding hydrogens is 510 g/mol. The highest BCUT2D eigenvalue weighted by Crippen LogP contribution is 2.36. The Morgan fingerprint density at radius 3 is 2.54 bits per heavy atom. The van der Waals surface area contributed by atoms with E-state index in [1.165, 1.54) is 16.8 Å². The number of nitrogens with one attached hydrogen (secondary N) is 2. The highest BCUT2D eigenvalue weighted by Gasteiger charge is 2.25. The average molecular weight is 544 g/mol. The summed E-state index contributed by atoms with van der Waals surface area (Å²) in [6.45, 7) is 6.23. The van der Waals surface area contributed by atoms with Crippen molar-refractivity contribution in [2.24, 2.45) is 0 Å². The largest absolute Gasteiger partial charge is 0.482 e. The van der Waals surface area contributed by atoms with E-state index in [1.54, 1.807) is 30.4 Å². The zero-order valence-corrected chi connectivity index (χ0v) is 23.3. The van der Waals surface area contributed by atoms with Crippen molar-refractivity contribution in [2.45, 2.75) is 20.8 Å². The molecule has 2 heterocycles. The number of benzene rings is 2. The fourth-order valence-electron chi connectivity index (χ4n) is 3.34. The second kappa shape index (κ2) is 15.6. The summed E-state index contributed by atoms with van der Waals surface area (Å²) >= 11 is 3.01. The molecule has 1 aromatic heterocycles. The van der Waals surface area contributed by atoms with Crippen LogP contribution in [0.4, 0.5) is 16.4 Å². The summed E-state index contributed by atoms with van der Waals surface area (Å²) in [5, 5.41) is 3.88. The van der Waals surface area contributed by atoms with Crippen molar-refractivity contribution < 1.29 is 23.9 Å². The minimum Gasteiger partial charge on any atom is -0.482 e. The van der Waals surface area contributed by atoms with Gasteiger partial charge in [-0.25, -0.2) is 4.79 Å². The lowest BCUT2D eigenvalue weighted by atomic mass is 10.1. The number of amides is 1. The van der Waals surface area contributed by atoms with Crippen LogP contribution in [0.25, 0.3) is 10.4 Å². The minimum atomic E-state index is -0.278. The predicted molar refractivity (Wildman–Crippen MR) is 154 cm³/mol. The fourth-order valence-corrected chi connectivity index (χ4v) is 4.71. The normalized spacial score (nSPS) is 11.5. The number of thiophene rings is 1. The van der Waals surface area contributed by atoms with Crippen LogP contribution in [0.3, 0.4) is 0 Å². The van der Waals surface area contributed by atoms with Crippen molar-refractivity contribution in [1.82, 2.24) is 0 Å². The molecule has 10 heteroatoms. The van der Waals surface area contributed by atoms with Gasteiger partial charge in [0.1, 0.15) is 17.0 Å². The van der Waals surface area contributed by atoms with E-state index in [9.17, 15) is 14.4 Å². The van der Waals surface area contributed by atoms with Gasteiger partial charge < -0.3 is 24.3 Å². The van der Waals surface area contributed by atoms with E-state index in [-0.39, 0.29) is 25.0 Å². The molecule has 8 nitrogen and oxygen atoms in total. The number of aldehydes is 1. The summed E-state index contributed by atoms with van der Waals surface area (Å²) in [5.41, 5.74) is 3.20. The van der Waals surface area contributed by atoms with Gasteiger partial charge in [0.15, 0.2) is 6.61 Å². The number of esters is 1. The molecule has 2 N–H and O–H groups in total. The lowest BCUT2D eigenvalue weighted by Crippen LogP contribution is -2.39. The number of carbonyl (C=O) groups is 3. The molecule has 0 bridgehead atoms. The molecule has 0 saturated carbocycles. The van der Waals surface area contributed by atoms with Gasteiger partial charge in [0.2, 0.25) is 0 Å². The monoisotopic (exact) mass is 543 g/mol. The Hall–Kier alpha value is -3.50. The molecule has 0 atom stereocenters. The Morgan fingerprint density at radius 2 is 1.92 bits per heavy atom. The van der Waals surface area contributed by atoms with Gasteiger partial charge in [-0.3, -0.25) is 9.69 Å². The zero-order valence-electron chi connectivity index (χ0n) is 21.7. The number of ether oxygens (including phenoxy) is 2. The fraction of sp³-hybridized carbons (Fsp3) is 0.296. The summed E-state index contributed by atoms with van der Waals surface area (Å²) in [4.78, 5) is 36.5. The van der Waals surface area contributed by atoms with Gasteiger partial charge in [-0.15, -0.1) is 11.3 Å². The van der Waals surface area contributed by atoms with Crippen molar-refractivity contribution >= 4 is 57.8 Å². The van der Waals surface area contributed by atoms with Gasteiger partial charge in [-0.05, 0) is 36.8 Å². The Bertz CT molecular complexity index is 1170. The van der Waals surface area contributed by atoms with Crippen molar-refractivity contribution in [3.05, 3.63) is 60.2 Å². The molecule has 2 aromatic carbocycles. The highest BCUT2D eigenvalue weighted by molar-refractivity contribution is 7.99. The van der Waals surface area contributed by atoms with Gasteiger partial charge in [-0.1, -0.05) is 56.1 Å². The molecule has 1 aliphatic rings. The van der Waals surface area contributed by atoms with Crippen LogP contribution in [0.1, 0.15) is 31.1 Å². The topological polar surface area (TPSA) is 97.0 Å². The first-order valence-electron chi connectivity index (χ1n) is 11.9. The lowest BCUT2D eigenvalue weighted by Gasteiger charge is -2.28. The van der Waals surface area contributed by atoms with E-state index < -0.39 is 0 Å². The number of hydrogen-bond acceptors (Lipinski definition) is 9. The molecule has 0 aliphatic carbocycles. The van der Waals surface area contributed by atoms with Crippen LogP contribution in [0, 0.1) is 0 Å². The number of carbonyl (C=O) groups excluding carboxylic acids is 3. The predicted octanol–water partition coefficient (Wildman–Crippen LogP) is 5.96. The SMILES string of the molecule is CC.CCOC(=O)c1cc(-c2ccccc2)sc1NC.CSNc1ccc2c(c1)N(CC=O)C(=O)CO2. The first kappa shape index (κ1) is 29.7. The van der Waals surface area contributed by atoms with Gasteiger partial charge in [0.25, 0.3) is 5.91 Å². The molecule has 4 rings (SSSR count). The number of hydrogen-bond donors (Lipinski definition) is 2. The average Bonchev–Trinajstić information content (AvgIpc) is 3.38. The van der Waals surface area contributed by atoms with Crippen LogP contribution in [-0.4, -0.2) is 51.2 Å². The maximum Gasteiger partial charge on any atom is 0.341 e. The summed E-state index contributed by atoms with van der Waals surface area (Å²) in [7, 11) is 1.81. The Kier molecular flexibility index (Phi) is 12.5. The molecule has 0 radical (unpaired) electrons. The molecular formula is C27H33N3O5S2. The van der Waals surface area contributed by atoms with Crippen LogP contribution in [-0.2, 0) is 14.3 Å². The molecule has 1 amide bonds. The molecule has 0 saturated heterocycles. The Balaban J connectivity index is 0.000000244. The van der Waals surface area contributed by atoms with E-state index >= 15 is 0 Å². The second-order valence-corrected chi connectivity index (χ2v) is 8.80. The summed E-state index contributed by atoms with van der Waals surface area (Å²) in [6, 6.07) is 17.3. The molecule has 3 aromatic rings. The smallest absolute Gasteiger partial charge is 0.341 e. The maximum atomic E-state index is 11.8. The van der Waals surface area contributed by atoms with Crippen molar-refractivity contribution in [3.8, 4) is 16.2 Å². The molecule has 0 unspecified atom stereocenters. The first-order valence-corrected chi connectivity index (χ1v) is 13.9. The van der Waals surface area contributed by atoms with Gasteiger partial charge in [-0.2, -0.15) is 0 Å². The van der Waals surface area contributed by atoms with Crippen LogP contribution in [0.15, 0.2) is 54.6 Å². The van der Waals surface area contributed by atoms with Crippen LogP contribution >= 0.6 is 23.3 Å². The third kappa shape index (κ3) is 7.99. The zero-order chi connectivity index (χ0) is 27.2. The van der Waals surface area contributed by atoms with E-state index in [0.717, 1.165) is 21.1 Å². The molecule has 37 heavy (non-hydrogen) atoms. The quantitative estimate of drug-likeness (QED) is 0.204. The Morgan fingerprint density at radius 1 is 1.19 bits per heavy atom. The van der Waals surface area contributed by atoms with E-state index in [1.807, 2.05) is 69.6 Å². The van der Waals surface area contributed by atoms with E-state index in [2.05, 4.69) is 10.0 Å².